The molecule has 0 saturated carbocycles. The molecule has 2 rings (SSSR count). The van der Waals surface area contributed by atoms with Gasteiger partial charge in [-0.15, -0.1) is 0 Å². The topological polar surface area (TPSA) is 100 Å². The van der Waals surface area contributed by atoms with E-state index >= 15 is 0 Å². The van der Waals surface area contributed by atoms with E-state index in [1.165, 1.54) is 0 Å². The van der Waals surface area contributed by atoms with E-state index < -0.39 is 42.4 Å². The molecule has 0 bridgehead atoms. The highest BCUT2D eigenvalue weighted by molar-refractivity contribution is 5.70. The Balaban J connectivity index is 1.92. The van der Waals surface area contributed by atoms with Gasteiger partial charge < -0.3 is 29.8 Å². The maximum Gasteiger partial charge on any atom is 0.307 e. The molecule has 0 radical (unpaired) electrons. The van der Waals surface area contributed by atoms with E-state index in [4.69, 9.17) is 24.7 Å². The molecule has 0 amide bonds. The zero-order valence-electron chi connectivity index (χ0n) is 11.4. The lowest BCUT2D eigenvalue weighted by Gasteiger charge is -2.26. The number of aliphatic hydroxyl groups excluding tert-OH is 1. The summed E-state index contributed by atoms with van der Waals surface area (Å²) in [6, 6.07) is -0.657. The van der Waals surface area contributed by atoms with Crippen LogP contribution in [0.1, 0.15) is 27.2 Å². The number of fused-ring (bicyclic) bond motifs is 1. The first kappa shape index (κ1) is 14.7. The van der Waals surface area contributed by atoms with Crippen LogP contribution in [0.2, 0.25) is 0 Å². The minimum atomic E-state index is -0.920. The summed E-state index contributed by atoms with van der Waals surface area (Å²) in [6.45, 7) is 5.51. The molecule has 0 aromatic carbocycles. The van der Waals surface area contributed by atoms with Crippen molar-refractivity contribution in [3.63, 3.8) is 0 Å². The number of ether oxygens (including phenoxy) is 4. The van der Waals surface area contributed by atoms with Gasteiger partial charge in [-0.05, 0) is 20.8 Å². The third-order valence-electron chi connectivity index (χ3n) is 3.18. The molecule has 0 aliphatic carbocycles. The van der Waals surface area contributed by atoms with Gasteiger partial charge in [0, 0.05) is 6.04 Å². The summed E-state index contributed by atoms with van der Waals surface area (Å²) in [4.78, 5) is 11.4. The van der Waals surface area contributed by atoms with Crippen molar-refractivity contribution in [1.82, 2.24) is 0 Å². The molecule has 0 aromatic heterocycles. The van der Waals surface area contributed by atoms with Gasteiger partial charge in [-0.1, -0.05) is 0 Å². The fourth-order valence-electron chi connectivity index (χ4n) is 2.40. The zero-order chi connectivity index (χ0) is 14.2. The molecule has 110 valence electrons. The summed E-state index contributed by atoms with van der Waals surface area (Å²) in [5.74, 6) is -1.20. The number of rotatable bonds is 4. The molecule has 0 aromatic rings. The minimum absolute atomic E-state index is 0.0155. The molecule has 5 atom stereocenters. The summed E-state index contributed by atoms with van der Waals surface area (Å²) in [7, 11) is 0. The molecule has 7 heteroatoms. The highest BCUT2D eigenvalue weighted by Crippen LogP contribution is 2.38. The number of nitrogens with two attached hydrogens (primary N) is 1. The van der Waals surface area contributed by atoms with Gasteiger partial charge in [0.05, 0.1) is 13.0 Å². The van der Waals surface area contributed by atoms with Crippen LogP contribution in [-0.4, -0.2) is 54.1 Å². The molecule has 2 saturated heterocycles. The quantitative estimate of drug-likeness (QED) is 0.667. The number of hydrogen-bond acceptors (Lipinski definition) is 7. The molecule has 2 heterocycles. The van der Waals surface area contributed by atoms with Crippen LogP contribution in [-0.2, 0) is 23.7 Å². The van der Waals surface area contributed by atoms with Gasteiger partial charge in [0.15, 0.2) is 12.1 Å². The number of carbonyl (C=O) groups excluding carboxylic acids is 1. The van der Waals surface area contributed by atoms with Crippen LogP contribution in [0.25, 0.3) is 0 Å². The van der Waals surface area contributed by atoms with Crippen molar-refractivity contribution in [2.45, 2.75) is 63.6 Å². The van der Waals surface area contributed by atoms with E-state index in [-0.39, 0.29) is 6.42 Å². The Labute approximate surface area is 111 Å². The van der Waals surface area contributed by atoms with Crippen molar-refractivity contribution < 1.29 is 28.8 Å². The maximum absolute atomic E-state index is 11.4. The largest absolute Gasteiger partial charge is 0.466 e. The standard InChI is InChI=1S/C12H21NO6/c1-4-16-7(14)5-6(13)9-8(15)10-11(17-9)19-12(2,3)18-10/h6,8-11,15H,4-5,13H2,1-3H3/t6-,8-,9+,10+,11-/m0/s1. The maximum atomic E-state index is 11.4. The predicted octanol–water partition coefficient (Wildman–Crippen LogP) is -0.496. The van der Waals surface area contributed by atoms with Crippen LogP contribution in [0.4, 0.5) is 0 Å². The van der Waals surface area contributed by atoms with Gasteiger partial charge in [-0.3, -0.25) is 4.79 Å². The van der Waals surface area contributed by atoms with Crippen molar-refractivity contribution in [1.29, 1.82) is 0 Å². The van der Waals surface area contributed by atoms with Crippen LogP contribution < -0.4 is 5.73 Å². The Morgan fingerprint density at radius 2 is 2.16 bits per heavy atom. The van der Waals surface area contributed by atoms with Crippen molar-refractivity contribution in [2.24, 2.45) is 5.73 Å². The van der Waals surface area contributed by atoms with E-state index in [0.717, 1.165) is 0 Å². The molecule has 2 fully saturated rings. The van der Waals surface area contributed by atoms with Gasteiger partial charge in [0.1, 0.15) is 18.3 Å². The van der Waals surface area contributed by atoms with Crippen molar-refractivity contribution in [3.05, 3.63) is 0 Å². The molecule has 7 nitrogen and oxygen atoms in total. The fraction of sp³-hybridized carbons (Fsp3) is 0.917. The molecule has 0 unspecified atom stereocenters. The van der Waals surface area contributed by atoms with E-state index in [2.05, 4.69) is 0 Å². The molecular formula is C12H21NO6. The van der Waals surface area contributed by atoms with E-state index in [9.17, 15) is 9.90 Å². The Hall–Kier alpha value is -0.730. The average molecular weight is 275 g/mol. The third kappa shape index (κ3) is 3.06. The normalized spacial score (nSPS) is 37.9. The van der Waals surface area contributed by atoms with Crippen LogP contribution in [0.3, 0.4) is 0 Å². The second-order valence-electron chi connectivity index (χ2n) is 5.23. The first-order chi connectivity index (χ1) is 8.84. The predicted molar refractivity (Wildman–Crippen MR) is 63.9 cm³/mol. The van der Waals surface area contributed by atoms with Crippen LogP contribution in [0.15, 0.2) is 0 Å². The molecule has 0 spiro atoms. The lowest BCUT2D eigenvalue weighted by atomic mass is 10.0. The van der Waals surface area contributed by atoms with Gasteiger partial charge in [-0.25, -0.2) is 0 Å². The lowest BCUT2D eigenvalue weighted by molar-refractivity contribution is -0.217. The van der Waals surface area contributed by atoms with Gasteiger partial charge >= 0.3 is 5.97 Å². The summed E-state index contributed by atoms with van der Waals surface area (Å²) in [5.41, 5.74) is 5.87. The first-order valence-corrected chi connectivity index (χ1v) is 6.44. The zero-order valence-corrected chi connectivity index (χ0v) is 11.4. The summed E-state index contributed by atoms with van der Waals surface area (Å²) in [6.07, 6.45) is -2.86. The Morgan fingerprint density at radius 1 is 1.47 bits per heavy atom. The molecular weight excluding hydrogens is 254 g/mol. The van der Waals surface area contributed by atoms with Crippen molar-refractivity contribution in [2.75, 3.05) is 6.61 Å². The van der Waals surface area contributed by atoms with E-state index in [0.29, 0.717) is 6.61 Å². The molecule has 19 heavy (non-hydrogen) atoms. The molecule has 2 aliphatic heterocycles. The van der Waals surface area contributed by atoms with E-state index in [1.807, 2.05) is 0 Å². The average Bonchev–Trinajstić information content (AvgIpc) is 2.73. The Morgan fingerprint density at radius 3 is 2.74 bits per heavy atom. The van der Waals surface area contributed by atoms with Crippen molar-refractivity contribution >= 4 is 5.97 Å². The van der Waals surface area contributed by atoms with Crippen molar-refractivity contribution in [3.8, 4) is 0 Å². The summed E-state index contributed by atoms with van der Waals surface area (Å²) in [5, 5.41) is 10.1. The van der Waals surface area contributed by atoms with Crippen LogP contribution in [0.5, 0.6) is 0 Å². The minimum Gasteiger partial charge on any atom is -0.466 e. The highest BCUT2D eigenvalue weighted by atomic mass is 16.8. The Kier molecular flexibility index (Phi) is 4.12. The SMILES string of the molecule is CCOC(=O)C[C@H](N)[C@H]1O[C@H]2OC(C)(C)O[C@@H]2[C@H]1O. The molecule has 2 aliphatic rings. The third-order valence-corrected chi connectivity index (χ3v) is 3.18. The summed E-state index contributed by atoms with van der Waals surface area (Å²) >= 11 is 0. The number of hydrogen-bond donors (Lipinski definition) is 2. The van der Waals surface area contributed by atoms with Gasteiger partial charge in [0.2, 0.25) is 0 Å². The first-order valence-electron chi connectivity index (χ1n) is 6.44. The monoisotopic (exact) mass is 275 g/mol. The van der Waals surface area contributed by atoms with Gasteiger partial charge in [0.25, 0.3) is 0 Å². The highest BCUT2D eigenvalue weighted by Gasteiger charge is 2.55. The molecule has 3 N–H and O–H groups in total. The lowest BCUT2D eigenvalue weighted by Crippen LogP contribution is -2.46. The number of esters is 1. The van der Waals surface area contributed by atoms with E-state index in [1.54, 1.807) is 20.8 Å². The second kappa shape index (κ2) is 5.34. The number of aliphatic hydroxyl groups is 1. The van der Waals surface area contributed by atoms with Crippen LogP contribution >= 0.6 is 0 Å². The fourth-order valence-corrected chi connectivity index (χ4v) is 2.40. The Bertz CT molecular complexity index is 347. The smallest absolute Gasteiger partial charge is 0.307 e. The van der Waals surface area contributed by atoms with Gasteiger partial charge in [-0.2, -0.15) is 0 Å². The number of carbonyl (C=O) groups is 1. The van der Waals surface area contributed by atoms with Crippen LogP contribution in [0, 0.1) is 0 Å². The summed E-state index contributed by atoms with van der Waals surface area (Å²) < 4.78 is 21.4. The second-order valence-corrected chi connectivity index (χ2v) is 5.23.